The Labute approximate surface area is 110 Å². The van der Waals surface area contributed by atoms with Crippen LogP contribution in [0.1, 0.15) is 38.8 Å². The summed E-state index contributed by atoms with van der Waals surface area (Å²) >= 11 is 0. The number of ether oxygens (including phenoxy) is 1. The van der Waals surface area contributed by atoms with Crippen molar-refractivity contribution in [3.63, 3.8) is 0 Å². The van der Waals surface area contributed by atoms with Crippen LogP contribution in [0.4, 0.5) is 13.2 Å². The molecular weight excluding hydrogens is 259 g/mol. The summed E-state index contributed by atoms with van der Waals surface area (Å²) in [7, 11) is 0. The molecule has 0 spiro atoms. The Kier molecular flexibility index (Phi) is 4.35. The lowest BCUT2D eigenvalue weighted by Gasteiger charge is -2.23. The van der Waals surface area contributed by atoms with Crippen LogP contribution in [0.5, 0.6) is 11.5 Å². The van der Waals surface area contributed by atoms with Gasteiger partial charge in [-0.25, -0.2) is 0 Å². The first-order chi connectivity index (χ1) is 8.48. The Morgan fingerprint density at radius 2 is 1.84 bits per heavy atom. The van der Waals surface area contributed by atoms with Crippen LogP contribution in [0.3, 0.4) is 0 Å². The van der Waals surface area contributed by atoms with Gasteiger partial charge in [-0.1, -0.05) is 0 Å². The Balaban J connectivity index is 2.97. The average Bonchev–Trinajstić information content (AvgIpc) is 2.16. The first-order valence-corrected chi connectivity index (χ1v) is 5.82. The molecule has 0 radical (unpaired) electrons. The lowest BCUT2D eigenvalue weighted by molar-refractivity contribution is -0.138. The number of hydrogen-bond donors (Lipinski definition) is 2. The number of aromatic hydroxyl groups is 1. The predicted octanol–water partition coefficient (Wildman–Crippen LogP) is 3.52. The second kappa shape index (κ2) is 5.28. The quantitative estimate of drug-likeness (QED) is 0.888. The van der Waals surface area contributed by atoms with Gasteiger partial charge in [0.05, 0.1) is 6.42 Å². The van der Waals surface area contributed by atoms with Crippen molar-refractivity contribution in [3.8, 4) is 11.5 Å². The van der Waals surface area contributed by atoms with E-state index in [4.69, 9.17) is 10.5 Å². The maximum absolute atomic E-state index is 12.3. The molecule has 0 fully saturated rings. The molecule has 0 saturated heterocycles. The van der Waals surface area contributed by atoms with E-state index in [9.17, 15) is 18.3 Å². The summed E-state index contributed by atoms with van der Waals surface area (Å²) in [5, 5.41) is 9.60. The molecule has 3 N–H and O–H groups in total. The van der Waals surface area contributed by atoms with E-state index in [1.54, 1.807) is 0 Å². The SMILES string of the molecule is CC(C)(C)Oc1ccc(O)c([C@@H](N)CC(F)(F)F)c1. The number of hydrogen-bond acceptors (Lipinski definition) is 3. The molecule has 0 amide bonds. The summed E-state index contributed by atoms with van der Waals surface area (Å²) in [4.78, 5) is 0. The topological polar surface area (TPSA) is 55.5 Å². The fourth-order valence-electron chi connectivity index (χ4n) is 1.61. The maximum Gasteiger partial charge on any atom is 0.390 e. The van der Waals surface area contributed by atoms with E-state index in [0.717, 1.165) is 0 Å². The summed E-state index contributed by atoms with van der Waals surface area (Å²) in [5.41, 5.74) is 5.02. The number of benzene rings is 1. The number of halogens is 3. The number of phenols is 1. The minimum Gasteiger partial charge on any atom is -0.508 e. The van der Waals surface area contributed by atoms with Crippen LogP contribution >= 0.6 is 0 Å². The highest BCUT2D eigenvalue weighted by Crippen LogP contribution is 2.34. The molecule has 6 heteroatoms. The number of rotatable bonds is 3. The molecule has 3 nitrogen and oxygen atoms in total. The zero-order chi connectivity index (χ0) is 14.8. The van der Waals surface area contributed by atoms with Crippen LogP contribution in [-0.4, -0.2) is 16.9 Å². The van der Waals surface area contributed by atoms with Gasteiger partial charge in [0.1, 0.15) is 17.1 Å². The van der Waals surface area contributed by atoms with Crippen molar-refractivity contribution in [2.24, 2.45) is 5.73 Å². The van der Waals surface area contributed by atoms with Crippen LogP contribution in [0.25, 0.3) is 0 Å². The molecule has 1 aromatic rings. The Morgan fingerprint density at radius 1 is 1.26 bits per heavy atom. The normalized spacial score (nSPS) is 14.3. The van der Waals surface area contributed by atoms with E-state index in [0.29, 0.717) is 5.75 Å². The molecular formula is C13H18F3NO2. The van der Waals surface area contributed by atoms with E-state index in [-0.39, 0.29) is 11.3 Å². The molecule has 0 aliphatic heterocycles. The second-order valence-electron chi connectivity index (χ2n) is 5.36. The third-order valence-corrected chi connectivity index (χ3v) is 2.27. The highest BCUT2D eigenvalue weighted by Gasteiger charge is 2.32. The van der Waals surface area contributed by atoms with Crippen LogP contribution in [0.2, 0.25) is 0 Å². The zero-order valence-corrected chi connectivity index (χ0v) is 11.1. The smallest absolute Gasteiger partial charge is 0.390 e. The summed E-state index contributed by atoms with van der Waals surface area (Å²) in [6.07, 6.45) is -5.58. The fourth-order valence-corrected chi connectivity index (χ4v) is 1.61. The van der Waals surface area contributed by atoms with Crippen molar-refractivity contribution >= 4 is 0 Å². The van der Waals surface area contributed by atoms with Crippen LogP contribution in [0.15, 0.2) is 18.2 Å². The van der Waals surface area contributed by atoms with Crippen molar-refractivity contribution in [2.45, 2.75) is 45.0 Å². The van der Waals surface area contributed by atoms with Crippen molar-refractivity contribution in [1.82, 2.24) is 0 Å². The van der Waals surface area contributed by atoms with Gasteiger partial charge in [0, 0.05) is 11.6 Å². The van der Waals surface area contributed by atoms with Gasteiger partial charge in [-0.2, -0.15) is 13.2 Å². The van der Waals surface area contributed by atoms with Gasteiger partial charge in [-0.3, -0.25) is 0 Å². The van der Waals surface area contributed by atoms with E-state index in [1.165, 1.54) is 18.2 Å². The predicted molar refractivity (Wildman–Crippen MR) is 66.1 cm³/mol. The van der Waals surface area contributed by atoms with E-state index >= 15 is 0 Å². The maximum atomic E-state index is 12.3. The number of nitrogens with two attached hydrogens (primary N) is 1. The highest BCUT2D eigenvalue weighted by molar-refractivity contribution is 5.41. The molecule has 0 saturated carbocycles. The van der Waals surface area contributed by atoms with E-state index in [1.807, 2.05) is 20.8 Å². The van der Waals surface area contributed by atoms with Gasteiger partial charge < -0.3 is 15.6 Å². The largest absolute Gasteiger partial charge is 0.508 e. The minimum absolute atomic E-state index is 0.0269. The third kappa shape index (κ3) is 5.38. The van der Waals surface area contributed by atoms with Crippen molar-refractivity contribution in [3.05, 3.63) is 23.8 Å². The molecule has 1 aromatic carbocycles. The van der Waals surface area contributed by atoms with Gasteiger partial charge in [0.2, 0.25) is 0 Å². The highest BCUT2D eigenvalue weighted by atomic mass is 19.4. The van der Waals surface area contributed by atoms with E-state index < -0.39 is 24.2 Å². The van der Waals surface area contributed by atoms with Crippen molar-refractivity contribution < 1.29 is 23.0 Å². The Hall–Kier alpha value is -1.43. The molecule has 108 valence electrons. The molecule has 19 heavy (non-hydrogen) atoms. The molecule has 0 aliphatic carbocycles. The Bertz CT molecular complexity index is 438. The third-order valence-electron chi connectivity index (χ3n) is 2.27. The second-order valence-corrected chi connectivity index (χ2v) is 5.36. The van der Waals surface area contributed by atoms with Crippen LogP contribution < -0.4 is 10.5 Å². The summed E-state index contributed by atoms with van der Waals surface area (Å²) in [6, 6.07) is 2.80. The lowest BCUT2D eigenvalue weighted by Crippen LogP contribution is -2.23. The molecule has 0 bridgehead atoms. The average molecular weight is 277 g/mol. The molecule has 0 unspecified atom stereocenters. The molecule has 1 atom stereocenters. The zero-order valence-electron chi connectivity index (χ0n) is 11.1. The molecule has 1 rings (SSSR count). The first kappa shape index (κ1) is 15.6. The van der Waals surface area contributed by atoms with Crippen molar-refractivity contribution in [1.29, 1.82) is 0 Å². The lowest BCUT2D eigenvalue weighted by atomic mass is 10.0. The Morgan fingerprint density at radius 3 is 2.32 bits per heavy atom. The van der Waals surface area contributed by atoms with Crippen LogP contribution in [0, 0.1) is 0 Å². The number of phenolic OH excluding ortho intramolecular Hbond substituents is 1. The van der Waals surface area contributed by atoms with Crippen molar-refractivity contribution in [2.75, 3.05) is 0 Å². The first-order valence-electron chi connectivity index (χ1n) is 5.82. The standard InChI is InChI=1S/C13H18F3NO2/c1-12(2,3)19-8-4-5-11(18)9(6-8)10(17)7-13(14,15)16/h4-6,10,18H,7,17H2,1-3H3/t10-/m0/s1. The van der Waals surface area contributed by atoms with Gasteiger partial charge in [0.25, 0.3) is 0 Å². The summed E-state index contributed by atoms with van der Waals surface area (Å²) in [5.74, 6) is 0.107. The minimum atomic E-state index is -4.38. The van der Waals surface area contributed by atoms with Crippen LogP contribution in [-0.2, 0) is 0 Å². The van der Waals surface area contributed by atoms with Gasteiger partial charge in [-0.15, -0.1) is 0 Å². The summed E-state index contributed by atoms with van der Waals surface area (Å²) in [6.45, 7) is 5.44. The van der Waals surface area contributed by atoms with Gasteiger partial charge in [0.15, 0.2) is 0 Å². The summed E-state index contributed by atoms with van der Waals surface area (Å²) < 4.78 is 42.4. The van der Waals surface area contributed by atoms with Gasteiger partial charge in [-0.05, 0) is 39.0 Å². The monoisotopic (exact) mass is 277 g/mol. The number of alkyl halides is 3. The molecule has 0 heterocycles. The van der Waals surface area contributed by atoms with Gasteiger partial charge >= 0.3 is 6.18 Å². The van der Waals surface area contributed by atoms with E-state index in [2.05, 4.69) is 0 Å². The fraction of sp³-hybridized carbons (Fsp3) is 0.538. The molecule has 0 aliphatic rings. The molecule has 0 aromatic heterocycles.